The molecule has 2 aromatic rings. The van der Waals surface area contributed by atoms with Gasteiger partial charge in [-0.2, -0.15) is 0 Å². The lowest BCUT2D eigenvalue weighted by atomic mass is 10.1. The predicted molar refractivity (Wildman–Crippen MR) is 116 cm³/mol. The highest BCUT2D eigenvalue weighted by atomic mass is 35.5. The third kappa shape index (κ3) is 5.97. The summed E-state index contributed by atoms with van der Waals surface area (Å²) in [6, 6.07) is 11.0. The maximum absolute atomic E-state index is 13.1. The molecule has 2 aromatic carbocycles. The SMILES string of the molecule is CC[C@H](C(=O)NC)N(Cc1cccc(C)c1)C(=O)COc1cc(C)c(Cl)c(C)c1. The summed E-state index contributed by atoms with van der Waals surface area (Å²) >= 11 is 6.20. The first-order valence-electron chi connectivity index (χ1n) is 9.73. The van der Waals surface area contributed by atoms with Crippen molar-refractivity contribution in [3.05, 3.63) is 63.7 Å². The molecular formula is C23H29ClN2O3. The maximum Gasteiger partial charge on any atom is 0.261 e. The van der Waals surface area contributed by atoms with E-state index < -0.39 is 6.04 Å². The average molecular weight is 417 g/mol. The van der Waals surface area contributed by atoms with Crippen LogP contribution < -0.4 is 10.1 Å². The smallest absolute Gasteiger partial charge is 0.261 e. The van der Waals surface area contributed by atoms with Crippen LogP contribution in [0.3, 0.4) is 0 Å². The Morgan fingerprint density at radius 1 is 1.14 bits per heavy atom. The monoisotopic (exact) mass is 416 g/mol. The molecule has 0 aliphatic rings. The number of carbonyl (C=O) groups is 2. The van der Waals surface area contributed by atoms with Crippen LogP contribution in [0.1, 0.15) is 35.6 Å². The van der Waals surface area contributed by atoms with Crippen LogP contribution in [-0.2, 0) is 16.1 Å². The number of hydrogen-bond acceptors (Lipinski definition) is 3. The van der Waals surface area contributed by atoms with E-state index in [4.69, 9.17) is 16.3 Å². The van der Waals surface area contributed by atoms with Gasteiger partial charge in [0.15, 0.2) is 6.61 Å². The minimum atomic E-state index is -0.565. The van der Waals surface area contributed by atoms with Gasteiger partial charge in [0.05, 0.1) is 0 Å². The fourth-order valence-electron chi connectivity index (χ4n) is 3.31. The molecule has 1 N–H and O–H groups in total. The van der Waals surface area contributed by atoms with Gasteiger partial charge in [-0.1, -0.05) is 48.4 Å². The van der Waals surface area contributed by atoms with Gasteiger partial charge in [0.2, 0.25) is 5.91 Å². The summed E-state index contributed by atoms with van der Waals surface area (Å²) in [5.41, 5.74) is 3.86. The predicted octanol–water partition coefficient (Wildman–Crippen LogP) is 4.20. The molecule has 5 nitrogen and oxygen atoms in total. The third-order valence-corrected chi connectivity index (χ3v) is 5.44. The molecule has 0 aliphatic carbocycles. The summed E-state index contributed by atoms with van der Waals surface area (Å²) in [5.74, 6) is 0.153. The van der Waals surface area contributed by atoms with Crippen LogP contribution in [0, 0.1) is 20.8 Å². The topological polar surface area (TPSA) is 58.6 Å². The Balaban J connectivity index is 2.22. The lowest BCUT2D eigenvalue weighted by molar-refractivity contribution is -0.142. The minimum Gasteiger partial charge on any atom is -0.484 e. The van der Waals surface area contributed by atoms with Crippen LogP contribution in [-0.4, -0.2) is 36.4 Å². The van der Waals surface area contributed by atoms with Crippen molar-refractivity contribution in [1.29, 1.82) is 0 Å². The fourth-order valence-corrected chi connectivity index (χ4v) is 3.42. The number of halogens is 1. The Labute approximate surface area is 178 Å². The van der Waals surface area contributed by atoms with E-state index in [1.165, 1.54) is 0 Å². The Hall–Kier alpha value is -2.53. The van der Waals surface area contributed by atoms with E-state index in [0.717, 1.165) is 22.3 Å². The molecule has 0 aromatic heterocycles. The Morgan fingerprint density at radius 3 is 2.34 bits per heavy atom. The molecule has 6 heteroatoms. The van der Waals surface area contributed by atoms with Gasteiger partial charge in [0.1, 0.15) is 11.8 Å². The minimum absolute atomic E-state index is 0.153. The molecule has 29 heavy (non-hydrogen) atoms. The van der Waals surface area contributed by atoms with Gasteiger partial charge in [-0.25, -0.2) is 0 Å². The van der Waals surface area contributed by atoms with Gasteiger partial charge in [0, 0.05) is 18.6 Å². The van der Waals surface area contributed by atoms with E-state index in [-0.39, 0.29) is 18.4 Å². The van der Waals surface area contributed by atoms with E-state index in [2.05, 4.69) is 5.32 Å². The summed E-state index contributed by atoms with van der Waals surface area (Å²) in [5, 5.41) is 3.35. The van der Waals surface area contributed by atoms with Gasteiger partial charge >= 0.3 is 0 Å². The molecule has 0 unspecified atom stereocenters. The molecule has 0 aliphatic heterocycles. The zero-order chi connectivity index (χ0) is 21.6. The second-order valence-electron chi connectivity index (χ2n) is 7.21. The van der Waals surface area contributed by atoms with Gasteiger partial charge in [-0.3, -0.25) is 9.59 Å². The number of nitrogens with one attached hydrogen (secondary N) is 1. The Bertz CT molecular complexity index is 859. The van der Waals surface area contributed by atoms with Crippen molar-refractivity contribution in [2.75, 3.05) is 13.7 Å². The highest BCUT2D eigenvalue weighted by Gasteiger charge is 2.28. The maximum atomic E-state index is 13.1. The Kier molecular flexibility index (Phi) is 8.09. The molecule has 0 heterocycles. The van der Waals surface area contributed by atoms with Crippen LogP contribution in [0.2, 0.25) is 5.02 Å². The summed E-state index contributed by atoms with van der Waals surface area (Å²) in [6.45, 7) is 7.87. The average Bonchev–Trinajstić information content (AvgIpc) is 2.69. The largest absolute Gasteiger partial charge is 0.484 e. The molecule has 0 fully saturated rings. The molecule has 0 bridgehead atoms. The first-order valence-corrected chi connectivity index (χ1v) is 10.1. The molecule has 0 radical (unpaired) electrons. The number of carbonyl (C=O) groups excluding carboxylic acids is 2. The first-order chi connectivity index (χ1) is 13.8. The van der Waals surface area contributed by atoms with Crippen LogP contribution in [0.25, 0.3) is 0 Å². The molecule has 0 spiro atoms. The summed E-state index contributed by atoms with van der Waals surface area (Å²) in [4.78, 5) is 27.0. The normalized spacial score (nSPS) is 11.7. The lowest BCUT2D eigenvalue weighted by Gasteiger charge is -2.30. The summed E-state index contributed by atoms with van der Waals surface area (Å²) < 4.78 is 5.75. The first kappa shape index (κ1) is 22.8. The molecule has 156 valence electrons. The van der Waals surface area contributed by atoms with Crippen molar-refractivity contribution in [1.82, 2.24) is 10.2 Å². The van der Waals surface area contributed by atoms with Gasteiger partial charge in [-0.05, 0) is 56.0 Å². The number of hydrogen-bond donors (Lipinski definition) is 1. The van der Waals surface area contributed by atoms with Crippen molar-refractivity contribution in [2.45, 2.75) is 46.7 Å². The molecule has 0 saturated carbocycles. The van der Waals surface area contributed by atoms with Crippen molar-refractivity contribution in [2.24, 2.45) is 0 Å². The molecule has 2 amide bonds. The van der Waals surface area contributed by atoms with Crippen molar-refractivity contribution in [3.63, 3.8) is 0 Å². The number of benzene rings is 2. The van der Waals surface area contributed by atoms with E-state index in [1.54, 1.807) is 11.9 Å². The zero-order valence-electron chi connectivity index (χ0n) is 17.7. The number of likely N-dealkylation sites (N-methyl/N-ethyl adjacent to an activating group) is 1. The lowest BCUT2D eigenvalue weighted by Crippen LogP contribution is -2.49. The standard InChI is InChI=1S/C23H29ClN2O3/c1-6-20(23(28)25-5)26(13-18-9-7-8-15(2)10-18)21(27)14-29-19-11-16(3)22(24)17(4)12-19/h7-12,20H,6,13-14H2,1-5H3,(H,25,28)/t20-/m1/s1. The van der Waals surface area contributed by atoms with Gasteiger partial charge in [0.25, 0.3) is 5.91 Å². The second kappa shape index (κ2) is 10.3. The van der Waals surface area contributed by atoms with Crippen LogP contribution in [0.4, 0.5) is 0 Å². The van der Waals surface area contributed by atoms with Gasteiger partial charge < -0.3 is 15.0 Å². The zero-order valence-corrected chi connectivity index (χ0v) is 18.5. The third-order valence-electron chi connectivity index (χ3n) is 4.84. The molecule has 1 atom stereocenters. The highest BCUT2D eigenvalue weighted by Crippen LogP contribution is 2.26. The van der Waals surface area contributed by atoms with E-state index >= 15 is 0 Å². The number of amides is 2. The van der Waals surface area contributed by atoms with Crippen LogP contribution >= 0.6 is 11.6 Å². The highest BCUT2D eigenvalue weighted by molar-refractivity contribution is 6.32. The van der Waals surface area contributed by atoms with Crippen molar-refractivity contribution < 1.29 is 14.3 Å². The number of nitrogens with zero attached hydrogens (tertiary/aromatic N) is 1. The van der Waals surface area contributed by atoms with Crippen molar-refractivity contribution in [3.8, 4) is 5.75 Å². The van der Waals surface area contributed by atoms with Crippen molar-refractivity contribution >= 4 is 23.4 Å². The van der Waals surface area contributed by atoms with E-state index in [1.807, 2.05) is 64.1 Å². The van der Waals surface area contributed by atoms with Crippen LogP contribution in [0.5, 0.6) is 5.75 Å². The summed E-state index contributed by atoms with van der Waals surface area (Å²) in [6.07, 6.45) is 0.510. The quantitative estimate of drug-likeness (QED) is 0.701. The number of ether oxygens (including phenoxy) is 1. The van der Waals surface area contributed by atoms with E-state index in [9.17, 15) is 9.59 Å². The molecular weight excluding hydrogens is 388 g/mol. The second-order valence-corrected chi connectivity index (χ2v) is 7.59. The van der Waals surface area contributed by atoms with Crippen LogP contribution in [0.15, 0.2) is 36.4 Å². The molecule has 2 rings (SSSR count). The number of aryl methyl sites for hydroxylation is 3. The summed E-state index contributed by atoms with van der Waals surface area (Å²) in [7, 11) is 1.58. The molecule has 0 saturated heterocycles. The Morgan fingerprint density at radius 2 is 1.79 bits per heavy atom. The fraction of sp³-hybridized carbons (Fsp3) is 0.391. The van der Waals surface area contributed by atoms with Gasteiger partial charge in [-0.15, -0.1) is 0 Å². The number of rotatable bonds is 8. The van der Waals surface area contributed by atoms with E-state index in [0.29, 0.717) is 23.7 Å².